The molecular weight excluding hydrogens is 316 g/mol. The van der Waals surface area contributed by atoms with Crippen molar-refractivity contribution in [3.63, 3.8) is 0 Å². The van der Waals surface area contributed by atoms with E-state index in [1.807, 2.05) is 68.4 Å². The van der Waals surface area contributed by atoms with E-state index in [1.165, 1.54) is 0 Å². The van der Waals surface area contributed by atoms with Gasteiger partial charge in [0.05, 0.1) is 0 Å². The summed E-state index contributed by atoms with van der Waals surface area (Å²) >= 11 is 0. The summed E-state index contributed by atoms with van der Waals surface area (Å²) in [6, 6.07) is 17.1. The normalized spacial score (nSPS) is 10.5. The minimum Gasteiger partial charge on any atom is -0.337 e. The van der Waals surface area contributed by atoms with Crippen LogP contribution in [0.2, 0.25) is 0 Å². The zero-order valence-electron chi connectivity index (χ0n) is 14.3. The molecular formula is C19H20N4O2. The van der Waals surface area contributed by atoms with Crippen LogP contribution >= 0.6 is 0 Å². The van der Waals surface area contributed by atoms with Crippen LogP contribution in [0.15, 0.2) is 59.1 Å². The van der Waals surface area contributed by atoms with E-state index in [2.05, 4.69) is 15.5 Å². The molecule has 1 aromatic heterocycles. The van der Waals surface area contributed by atoms with Gasteiger partial charge in [0, 0.05) is 17.8 Å². The minimum absolute atomic E-state index is 0.198. The Hall–Kier alpha value is -3.15. The van der Waals surface area contributed by atoms with Gasteiger partial charge in [0.15, 0.2) is 0 Å². The third-order valence-corrected chi connectivity index (χ3v) is 3.88. The van der Waals surface area contributed by atoms with Crippen molar-refractivity contribution in [2.75, 3.05) is 11.9 Å². The minimum atomic E-state index is -0.198. The lowest BCUT2D eigenvalue weighted by Gasteiger charge is -2.20. The number of benzene rings is 2. The molecule has 3 rings (SSSR count). The average molecular weight is 336 g/mol. The van der Waals surface area contributed by atoms with Crippen LogP contribution in [-0.4, -0.2) is 27.6 Å². The molecule has 3 aromatic rings. The maximum Gasteiger partial charge on any atom is 0.322 e. The number of carbonyl (C=O) groups is 1. The lowest BCUT2D eigenvalue weighted by atomic mass is 10.2. The topological polar surface area (TPSA) is 71.3 Å². The molecule has 0 atom stereocenters. The lowest BCUT2D eigenvalue weighted by molar-refractivity contribution is 0.203. The smallest absolute Gasteiger partial charge is 0.322 e. The van der Waals surface area contributed by atoms with Crippen LogP contribution in [-0.2, 0) is 6.54 Å². The molecule has 0 aliphatic rings. The number of hydrogen-bond acceptors (Lipinski definition) is 4. The van der Waals surface area contributed by atoms with E-state index in [1.54, 1.807) is 4.90 Å². The van der Waals surface area contributed by atoms with Crippen LogP contribution in [0, 0.1) is 6.92 Å². The molecule has 2 aromatic carbocycles. The van der Waals surface area contributed by atoms with Crippen LogP contribution in [0.1, 0.15) is 18.4 Å². The molecule has 0 aliphatic carbocycles. The molecule has 128 valence electrons. The molecule has 2 amide bonds. The number of nitrogens with zero attached hydrogens (tertiary/aromatic N) is 3. The predicted molar refractivity (Wildman–Crippen MR) is 96.0 cm³/mol. The second kappa shape index (κ2) is 7.61. The molecule has 0 unspecified atom stereocenters. The predicted octanol–water partition coefficient (Wildman–Crippen LogP) is 4.10. The van der Waals surface area contributed by atoms with Crippen molar-refractivity contribution in [2.24, 2.45) is 0 Å². The summed E-state index contributed by atoms with van der Waals surface area (Å²) in [5.41, 5.74) is 2.68. The molecule has 0 spiro atoms. The third-order valence-electron chi connectivity index (χ3n) is 3.88. The Morgan fingerprint density at radius 2 is 1.84 bits per heavy atom. The zero-order chi connectivity index (χ0) is 17.6. The van der Waals surface area contributed by atoms with Crippen LogP contribution in [0.5, 0.6) is 0 Å². The summed E-state index contributed by atoms with van der Waals surface area (Å²) < 4.78 is 5.29. The van der Waals surface area contributed by atoms with E-state index in [0.29, 0.717) is 18.3 Å². The number of rotatable bonds is 5. The molecule has 1 heterocycles. The van der Waals surface area contributed by atoms with Gasteiger partial charge in [-0.3, -0.25) is 0 Å². The van der Waals surface area contributed by atoms with Crippen LogP contribution in [0.4, 0.5) is 10.5 Å². The van der Waals surface area contributed by atoms with E-state index >= 15 is 0 Å². The summed E-state index contributed by atoms with van der Waals surface area (Å²) in [6.07, 6.45) is 0. The van der Waals surface area contributed by atoms with Crippen LogP contribution in [0.25, 0.3) is 11.4 Å². The van der Waals surface area contributed by atoms with Crippen LogP contribution < -0.4 is 5.32 Å². The molecule has 6 heteroatoms. The Balaban J connectivity index is 1.69. The van der Waals surface area contributed by atoms with E-state index in [-0.39, 0.29) is 12.6 Å². The van der Waals surface area contributed by atoms with Crippen molar-refractivity contribution in [1.82, 2.24) is 15.0 Å². The second-order valence-electron chi connectivity index (χ2n) is 5.64. The van der Waals surface area contributed by atoms with Gasteiger partial charge < -0.3 is 14.7 Å². The number of aryl methyl sites for hydroxylation is 1. The number of urea groups is 1. The van der Waals surface area contributed by atoms with Gasteiger partial charge in [0.1, 0.15) is 6.54 Å². The number of para-hydroxylation sites is 1. The van der Waals surface area contributed by atoms with E-state index in [9.17, 15) is 4.79 Å². The summed E-state index contributed by atoms with van der Waals surface area (Å²) in [6.45, 7) is 4.65. The first-order valence-electron chi connectivity index (χ1n) is 8.17. The highest BCUT2D eigenvalue weighted by molar-refractivity contribution is 5.90. The molecule has 25 heavy (non-hydrogen) atoms. The van der Waals surface area contributed by atoms with E-state index < -0.39 is 0 Å². The first kappa shape index (κ1) is 16.7. The van der Waals surface area contributed by atoms with Crippen molar-refractivity contribution < 1.29 is 9.32 Å². The van der Waals surface area contributed by atoms with Crippen molar-refractivity contribution in [3.05, 3.63) is 66.1 Å². The highest BCUT2D eigenvalue weighted by Gasteiger charge is 2.17. The Morgan fingerprint density at radius 1 is 1.12 bits per heavy atom. The van der Waals surface area contributed by atoms with Crippen molar-refractivity contribution in [3.8, 4) is 11.4 Å². The number of carbonyl (C=O) groups excluding carboxylic acids is 1. The first-order chi connectivity index (χ1) is 12.2. The second-order valence-corrected chi connectivity index (χ2v) is 5.64. The quantitative estimate of drug-likeness (QED) is 0.761. The monoisotopic (exact) mass is 336 g/mol. The highest BCUT2D eigenvalue weighted by Crippen LogP contribution is 2.17. The van der Waals surface area contributed by atoms with Gasteiger partial charge in [0.2, 0.25) is 11.7 Å². The zero-order valence-corrected chi connectivity index (χ0v) is 14.3. The Kier molecular flexibility index (Phi) is 5.09. The maximum atomic E-state index is 12.5. The largest absolute Gasteiger partial charge is 0.337 e. The van der Waals surface area contributed by atoms with Crippen molar-refractivity contribution in [1.29, 1.82) is 0 Å². The SMILES string of the molecule is CCN(Cc1nc(-c2ccccc2)no1)C(=O)Nc1ccccc1C. The van der Waals surface area contributed by atoms with Gasteiger partial charge >= 0.3 is 6.03 Å². The summed E-state index contributed by atoms with van der Waals surface area (Å²) in [5, 5.41) is 6.90. The lowest BCUT2D eigenvalue weighted by Crippen LogP contribution is -2.34. The van der Waals surface area contributed by atoms with Gasteiger partial charge in [-0.15, -0.1) is 0 Å². The summed E-state index contributed by atoms with van der Waals surface area (Å²) in [7, 11) is 0. The maximum absolute atomic E-state index is 12.5. The van der Waals surface area contributed by atoms with Gasteiger partial charge in [-0.05, 0) is 25.5 Å². The van der Waals surface area contributed by atoms with E-state index in [4.69, 9.17) is 4.52 Å². The standard InChI is InChI=1S/C19H20N4O2/c1-3-23(19(24)20-16-12-8-7-9-14(16)2)13-17-21-18(22-25-17)15-10-5-4-6-11-15/h4-12H,3,13H2,1-2H3,(H,20,24). The molecule has 1 N–H and O–H groups in total. The van der Waals surface area contributed by atoms with Gasteiger partial charge in [-0.1, -0.05) is 53.7 Å². The summed E-state index contributed by atoms with van der Waals surface area (Å²) in [5.74, 6) is 0.923. The molecule has 6 nitrogen and oxygen atoms in total. The molecule has 0 bridgehead atoms. The Bertz CT molecular complexity index is 845. The Labute approximate surface area is 146 Å². The third kappa shape index (κ3) is 4.03. The number of aromatic nitrogens is 2. The fourth-order valence-electron chi connectivity index (χ4n) is 2.42. The van der Waals surface area contributed by atoms with Gasteiger partial charge in [-0.2, -0.15) is 4.98 Å². The number of hydrogen-bond donors (Lipinski definition) is 1. The first-order valence-corrected chi connectivity index (χ1v) is 8.17. The Morgan fingerprint density at radius 3 is 2.56 bits per heavy atom. The van der Waals surface area contributed by atoms with Crippen molar-refractivity contribution >= 4 is 11.7 Å². The highest BCUT2D eigenvalue weighted by atomic mass is 16.5. The molecule has 0 saturated heterocycles. The number of nitrogens with one attached hydrogen (secondary N) is 1. The van der Waals surface area contributed by atoms with Crippen LogP contribution in [0.3, 0.4) is 0 Å². The van der Waals surface area contributed by atoms with Gasteiger partial charge in [-0.25, -0.2) is 4.79 Å². The van der Waals surface area contributed by atoms with E-state index in [0.717, 1.165) is 16.8 Å². The average Bonchev–Trinajstić information content (AvgIpc) is 3.11. The number of amides is 2. The molecule has 0 fully saturated rings. The fourth-order valence-corrected chi connectivity index (χ4v) is 2.42. The number of anilines is 1. The fraction of sp³-hybridized carbons (Fsp3) is 0.211. The van der Waals surface area contributed by atoms with Gasteiger partial charge in [0.25, 0.3) is 0 Å². The molecule has 0 radical (unpaired) electrons. The summed E-state index contributed by atoms with van der Waals surface area (Å²) in [4.78, 5) is 18.5. The molecule has 0 aliphatic heterocycles. The van der Waals surface area contributed by atoms with Crippen molar-refractivity contribution in [2.45, 2.75) is 20.4 Å². The molecule has 0 saturated carbocycles.